The van der Waals surface area contributed by atoms with Crippen LogP contribution in [0.2, 0.25) is 0 Å². The van der Waals surface area contributed by atoms with E-state index in [1.165, 1.54) is 16.7 Å². The number of hydrogen-bond acceptors (Lipinski definition) is 2. The topological polar surface area (TPSA) is 29.5 Å². The predicted molar refractivity (Wildman–Crippen MR) is 78.6 cm³/mol. The minimum absolute atomic E-state index is 0.0684. The van der Waals surface area contributed by atoms with E-state index in [0.717, 1.165) is 5.75 Å². The van der Waals surface area contributed by atoms with E-state index in [-0.39, 0.29) is 18.5 Å². The summed E-state index contributed by atoms with van der Waals surface area (Å²) in [6.45, 7) is 15.4. The molecule has 0 radical (unpaired) electrons. The Morgan fingerprint density at radius 1 is 0.944 bits per heavy atom. The number of hydrogen-bond donors (Lipinski definition) is 1. The Bertz CT molecular complexity index is 390. The van der Waals surface area contributed by atoms with Gasteiger partial charge in [0.05, 0.1) is 0 Å². The van der Waals surface area contributed by atoms with Crippen molar-refractivity contribution in [3.63, 3.8) is 0 Å². The molecule has 0 aliphatic heterocycles. The minimum atomic E-state index is -0.282. The van der Waals surface area contributed by atoms with E-state index >= 15 is 0 Å². The molecule has 1 aromatic rings. The van der Waals surface area contributed by atoms with E-state index in [0.29, 0.717) is 0 Å². The molecule has 0 unspecified atom stereocenters. The number of rotatable bonds is 2. The first-order valence-corrected chi connectivity index (χ1v) is 6.46. The van der Waals surface area contributed by atoms with Gasteiger partial charge in [-0.3, -0.25) is 0 Å². The molecular formula is C15H25BO2. The molecule has 0 saturated heterocycles. The zero-order chi connectivity index (χ0) is 14.1. The van der Waals surface area contributed by atoms with Crippen LogP contribution in [0, 0.1) is 6.92 Å². The molecule has 100 valence electrons. The van der Waals surface area contributed by atoms with Crippen LogP contribution >= 0.6 is 0 Å². The summed E-state index contributed by atoms with van der Waals surface area (Å²) < 4.78 is 5.29. The highest BCUT2D eigenvalue weighted by Crippen LogP contribution is 2.36. The Morgan fingerprint density at radius 3 is 1.61 bits per heavy atom. The summed E-state index contributed by atoms with van der Waals surface area (Å²) in [4.78, 5) is 0. The first kappa shape index (κ1) is 15.1. The monoisotopic (exact) mass is 248 g/mol. The maximum Gasteiger partial charge on any atom is 0.504 e. The van der Waals surface area contributed by atoms with Crippen molar-refractivity contribution in [3.05, 3.63) is 28.8 Å². The minimum Gasteiger partial charge on any atom is -0.539 e. The Kier molecular flexibility index (Phi) is 4.17. The summed E-state index contributed by atoms with van der Waals surface area (Å²) >= 11 is 0. The molecule has 0 heterocycles. The summed E-state index contributed by atoms with van der Waals surface area (Å²) in [5, 5.41) is 8.95. The molecule has 0 aliphatic carbocycles. The van der Waals surface area contributed by atoms with E-state index in [1.54, 1.807) is 0 Å². The largest absolute Gasteiger partial charge is 0.539 e. The first-order valence-electron chi connectivity index (χ1n) is 6.46. The van der Waals surface area contributed by atoms with Crippen LogP contribution in [0.5, 0.6) is 5.75 Å². The molecule has 0 aromatic heterocycles. The summed E-state index contributed by atoms with van der Waals surface area (Å²) in [6.07, 6.45) is 0. The number of benzene rings is 1. The van der Waals surface area contributed by atoms with Crippen LogP contribution in [-0.2, 0) is 10.8 Å². The molecule has 0 aliphatic rings. The highest BCUT2D eigenvalue weighted by Gasteiger charge is 2.24. The highest BCUT2D eigenvalue weighted by molar-refractivity contribution is 6.17. The fourth-order valence-electron chi connectivity index (χ4n) is 2.40. The Balaban J connectivity index is 3.48. The van der Waals surface area contributed by atoms with E-state index in [4.69, 9.17) is 9.68 Å². The standard InChI is InChI=1S/C15H25BO2/c1-10-12(14(2,3)4)8-11(18-16-17)9-13(10)15(5,6)7/h8-9,16-17H,1-7H3. The summed E-state index contributed by atoms with van der Waals surface area (Å²) in [5.41, 5.74) is 4.01. The normalized spacial score (nSPS) is 12.4. The third-order valence-electron chi connectivity index (χ3n) is 3.23. The van der Waals surface area contributed by atoms with E-state index in [1.807, 2.05) is 12.1 Å². The van der Waals surface area contributed by atoms with Crippen molar-refractivity contribution in [3.8, 4) is 5.75 Å². The lowest BCUT2D eigenvalue weighted by atomic mass is 9.76. The van der Waals surface area contributed by atoms with Gasteiger partial charge in [0.2, 0.25) is 0 Å². The lowest BCUT2D eigenvalue weighted by Crippen LogP contribution is -2.20. The molecule has 2 nitrogen and oxygen atoms in total. The van der Waals surface area contributed by atoms with E-state index in [2.05, 4.69) is 48.5 Å². The van der Waals surface area contributed by atoms with Gasteiger partial charge < -0.3 is 9.68 Å². The van der Waals surface area contributed by atoms with Crippen molar-refractivity contribution in [2.75, 3.05) is 0 Å². The second kappa shape index (κ2) is 4.97. The first-order chi connectivity index (χ1) is 8.07. The average Bonchev–Trinajstić information content (AvgIpc) is 2.17. The lowest BCUT2D eigenvalue weighted by Gasteiger charge is -2.29. The molecule has 18 heavy (non-hydrogen) atoms. The Hall–Kier alpha value is -0.955. The van der Waals surface area contributed by atoms with Crippen molar-refractivity contribution >= 4 is 7.69 Å². The second-order valence-corrected chi connectivity index (χ2v) is 6.92. The summed E-state index contributed by atoms with van der Waals surface area (Å²) in [5.74, 6) is 0.748. The third-order valence-corrected chi connectivity index (χ3v) is 3.23. The molecule has 1 aromatic carbocycles. The predicted octanol–water partition coefficient (Wildman–Crippen LogP) is 3.23. The molecule has 0 spiro atoms. The lowest BCUT2D eigenvalue weighted by molar-refractivity contribution is 0.449. The molecule has 0 bridgehead atoms. The fourth-order valence-corrected chi connectivity index (χ4v) is 2.40. The Morgan fingerprint density at radius 2 is 1.33 bits per heavy atom. The van der Waals surface area contributed by atoms with Crippen molar-refractivity contribution in [2.45, 2.75) is 59.3 Å². The van der Waals surface area contributed by atoms with Crippen LogP contribution in [0.1, 0.15) is 58.2 Å². The van der Waals surface area contributed by atoms with Crippen LogP contribution in [0.3, 0.4) is 0 Å². The van der Waals surface area contributed by atoms with Crippen molar-refractivity contribution in [2.24, 2.45) is 0 Å². The average molecular weight is 248 g/mol. The maximum absolute atomic E-state index is 8.95. The molecular weight excluding hydrogens is 223 g/mol. The van der Waals surface area contributed by atoms with Gasteiger partial charge in [0.15, 0.2) is 0 Å². The van der Waals surface area contributed by atoms with Gasteiger partial charge in [0.25, 0.3) is 0 Å². The quantitative estimate of drug-likeness (QED) is 0.814. The van der Waals surface area contributed by atoms with Crippen molar-refractivity contribution < 1.29 is 9.68 Å². The van der Waals surface area contributed by atoms with Gasteiger partial charge in [0.1, 0.15) is 5.75 Å². The zero-order valence-corrected chi connectivity index (χ0v) is 12.7. The van der Waals surface area contributed by atoms with Gasteiger partial charge in [-0.1, -0.05) is 41.5 Å². The van der Waals surface area contributed by atoms with Gasteiger partial charge in [-0.25, -0.2) is 0 Å². The van der Waals surface area contributed by atoms with Gasteiger partial charge >= 0.3 is 7.69 Å². The van der Waals surface area contributed by atoms with E-state index in [9.17, 15) is 0 Å². The van der Waals surface area contributed by atoms with Crippen molar-refractivity contribution in [1.29, 1.82) is 0 Å². The van der Waals surface area contributed by atoms with Gasteiger partial charge in [-0.05, 0) is 46.6 Å². The van der Waals surface area contributed by atoms with Crippen LogP contribution in [0.15, 0.2) is 12.1 Å². The molecule has 0 saturated carbocycles. The Labute approximate surface area is 112 Å². The van der Waals surface area contributed by atoms with Gasteiger partial charge in [0, 0.05) is 0 Å². The molecule has 1 N–H and O–H groups in total. The zero-order valence-electron chi connectivity index (χ0n) is 12.7. The third kappa shape index (κ3) is 3.29. The molecule has 0 fully saturated rings. The summed E-state index contributed by atoms with van der Waals surface area (Å²) in [6, 6.07) is 4.08. The summed E-state index contributed by atoms with van der Waals surface area (Å²) in [7, 11) is -0.282. The van der Waals surface area contributed by atoms with Gasteiger partial charge in [-0.2, -0.15) is 0 Å². The molecule has 0 atom stereocenters. The highest BCUT2D eigenvalue weighted by atomic mass is 16.5. The van der Waals surface area contributed by atoms with Crippen LogP contribution in [-0.4, -0.2) is 12.7 Å². The van der Waals surface area contributed by atoms with Crippen LogP contribution in [0.25, 0.3) is 0 Å². The maximum atomic E-state index is 8.95. The van der Waals surface area contributed by atoms with Crippen LogP contribution < -0.4 is 4.65 Å². The molecule has 3 heteroatoms. The van der Waals surface area contributed by atoms with Crippen molar-refractivity contribution in [1.82, 2.24) is 0 Å². The molecule has 0 amide bonds. The molecule has 1 rings (SSSR count). The van der Waals surface area contributed by atoms with Crippen LogP contribution in [0.4, 0.5) is 0 Å². The fraction of sp³-hybridized carbons (Fsp3) is 0.600. The van der Waals surface area contributed by atoms with E-state index < -0.39 is 0 Å². The second-order valence-electron chi connectivity index (χ2n) is 6.92. The SMILES string of the molecule is Cc1c(C(C)(C)C)cc(OBO)cc1C(C)(C)C. The smallest absolute Gasteiger partial charge is 0.504 e. The van der Waals surface area contributed by atoms with Gasteiger partial charge in [-0.15, -0.1) is 0 Å².